The number of nitrogen functional groups attached to an aromatic ring is 1. The minimum absolute atomic E-state index is 0.0889. The third-order valence-corrected chi connectivity index (χ3v) is 7.82. The zero-order chi connectivity index (χ0) is 25.9. The zero-order valence-corrected chi connectivity index (χ0v) is 21.8. The Kier molecular flexibility index (Phi) is 7.27. The largest absolute Gasteiger partial charge is 0.497 e. The van der Waals surface area contributed by atoms with Gasteiger partial charge in [0.05, 0.1) is 32.2 Å². The number of benzene rings is 2. The second kappa shape index (κ2) is 10.8. The highest BCUT2D eigenvalue weighted by atomic mass is 32.1. The zero-order valence-electron chi connectivity index (χ0n) is 20.9. The lowest BCUT2D eigenvalue weighted by molar-refractivity contribution is 0.0620. The molecule has 5 rings (SSSR count). The van der Waals surface area contributed by atoms with E-state index >= 15 is 0 Å². The van der Waals surface area contributed by atoms with Crippen molar-refractivity contribution < 1.29 is 19.4 Å². The van der Waals surface area contributed by atoms with E-state index in [1.54, 1.807) is 14.2 Å². The third-order valence-electron chi connectivity index (χ3n) is 6.74. The summed E-state index contributed by atoms with van der Waals surface area (Å²) in [5, 5.41) is 9.96. The molecule has 0 unspecified atom stereocenters. The standard InChI is InChI=1S/C28H30N4O4S/c1-35-19-8-9-23(36-2)20(16-19)21-17-22(18-6-4-3-5-7-18)30-27-24(21)25(29)26(37-27)28(34)32-12-10-31(11-13-32)14-15-33/h3-9,16-17,33H,10-15,29H2,1-2H3. The van der Waals surface area contributed by atoms with Crippen LogP contribution in [-0.2, 0) is 0 Å². The Morgan fingerprint density at radius 1 is 1.03 bits per heavy atom. The number of amides is 1. The number of carbonyl (C=O) groups is 1. The lowest BCUT2D eigenvalue weighted by atomic mass is 9.98. The summed E-state index contributed by atoms with van der Waals surface area (Å²) in [4.78, 5) is 23.7. The minimum atomic E-state index is -0.0889. The normalized spacial score (nSPS) is 14.2. The van der Waals surface area contributed by atoms with Crippen LogP contribution in [0.3, 0.4) is 0 Å². The van der Waals surface area contributed by atoms with E-state index in [2.05, 4.69) is 4.90 Å². The first-order chi connectivity index (χ1) is 18.0. The van der Waals surface area contributed by atoms with Crippen LogP contribution in [0.1, 0.15) is 9.67 Å². The number of hydrogen-bond acceptors (Lipinski definition) is 8. The van der Waals surface area contributed by atoms with Crippen LogP contribution in [0.2, 0.25) is 0 Å². The molecule has 0 bridgehead atoms. The number of nitrogens with two attached hydrogens (primary N) is 1. The van der Waals surface area contributed by atoms with E-state index in [1.165, 1.54) is 11.3 Å². The van der Waals surface area contributed by atoms with Gasteiger partial charge in [0.2, 0.25) is 0 Å². The van der Waals surface area contributed by atoms with E-state index in [0.29, 0.717) is 46.5 Å². The van der Waals surface area contributed by atoms with E-state index in [-0.39, 0.29) is 12.5 Å². The predicted molar refractivity (Wildman–Crippen MR) is 147 cm³/mol. The average molecular weight is 519 g/mol. The van der Waals surface area contributed by atoms with E-state index in [0.717, 1.165) is 40.9 Å². The molecule has 8 nitrogen and oxygen atoms in total. The molecule has 2 aromatic heterocycles. The smallest absolute Gasteiger partial charge is 0.266 e. The molecule has 0 spiro atoms. The first-order valence-corrected chi connectivity index (χ1v) is 13.0. The van der Waals surface area contributed by atoms with Gasteiger partial charge in [-0.15, -0.1) is 11.3 Å². The van der Waals surface area contributed by atoms with Gasteiger partial charge in [0.1, 0.15) is 21.2 Å². The number of piperazine rings is 1. The molecule has 4 aromatic rings. The highest BCUT2D eigenvalue weighted by Gasteiger charge is 2.28. The molecule has 1 aliphatic rings. The topological polar surface area (TPSA) is 101 Å². The average Bonchev–Trinajstić information content (AvgIpc) is 3.29. The number of ether oxygens (including phenoxy) is 2. The molecule has 1 aliphatic heterocycles. The van der Waals surface area contributed by atoms with Crippen LogP contribution < -0.4 is 15.2 Å². The lowest BCUT2D eigenvalue weighted by Crippen LogP contribution is -2.49. The molecule has 1 saturated heterocycles. The lowest BCUT2D eigenvalue weighted by Gasteiger charge is -2.34. The number of pyridine rings is 1. The Morgan fingerprint density at radius 2 is 1.78 bits per heavy atom. The molecule has 1 fully saturated rings. The van der Waals surface area contributed by atoms with Gasteiger partial charge in [-0.3, -0.25) is 9.69 Å². The second-order valence-electron chi connectivity index (χ2n) is 8.87. The predicted octanol–water partition coefficient (Wildman–Crippen LogP) is 3.98. The molecule has 0 radical (unpaired) electrons. The molecule has 9 heteroatoms. The van der Waals surface area contributed by atoms with Gasteiger partial charge in [-0.25, -0.2) is 4.98 Å². The quantitative estimate of drug-likeness (QED) is 0.382. The molecule has 0 aliphatic carbocycles. The summed E-state index contributed by atoms with van der Waals surface area (Å²) in [6.45, 7) is 3.35. The summed E-state index contributed by atoms with van der Waals surface area (Å²) in [5.41, 5.74) is 10.5. The van der Waals surface area contributed by atoms with Gasteiger partial charge in [0.15, 0.2) is 0 Å². The van der Waals surface area contributed by atoms with Crippen LogP contribution in [0.25, 0.3) is 32.6 Å². The van der Waals surface area contributed by atoms with Crippen LogP contribution >= 0.6 is 11.3 Å². The van der Waals surface area contributed by atoms with E-state index in [4.69, 9.17) is 20.2 Å². The number of aromatic nitrogens is 1. The molecular formula is C28H30N4O4S. The number of carbonyl (C=O) groups excluding carboxylic acids is 1. The molecule has 3 heterocycles. The van der Waals surface area contributed by atoms with E-state index in [1.807, 2.05) is 59.5 Å². The molecular weight excluding hydrogens is 488 g/mol. The maximum Gasteiger partial charge on any atom is 0.266 e. The fourth-order valence-electron chi connectivity index (χ4n) is 4.73. The van der Waals surface area contributed by atoms with E-state index < -0.39 is 0 Å². The summed E-state index contributed by atoms with van der Waals surface area (Å²) in [5.74, 6) is 1.27. The maximum atomic E-state index is 13.6. The van der Waals surface area contributed by atoms with Crippen molar-refractivity contribution in [3.63, 3.8) is 0 Å². The van der Waals surface area contributed by atoms with Gasteiger partial charge in [0, 0.05) is 54.8 Å². The first kappa shape index (κ1) is 25.0. The maximum absolute atomic E-state index is 13.6. The number of rotatable bonds is 7. The van der Waals surface area contributed by atoms with Crippen molar-refractivity contribution in [2.45, 2.75) is 0 Å². The molecule has 2 aromatic carbocycles. The number of anilines is 1. The Morgan fingerprint density at radius 3 is 2.46 bits per heavy atom. The van der Waals surface area contributed by atoms with Gasteiger partial charge in [-0.1, -0.05) is 30.3 Å². The fourth-order valence-corrected chi connectivity index (χ4v) is 5.82. The van der Waals surface area contributed by atoms with Gasteiger partial charge >= 0.3 is 0 Å². The van der Waals surface area contributed by atoms with Crippen LogP contribution in [-0.4, -0.2) is 79.3 Å². The van der Waals surface area contributed by atoms with Crippen LogP contribution in [0.4, 0.5) is 5.69 Å². The Balaban J connectivity index is 1.65. The number of aliphatic hydroxyl groups excluding tert-OH is 1. The van der Waals surface area contributed by atoms with Crippen LogP contribution in [0, 0.1) is 0 Å². The summed E-state index contributed by atoms with van der Waals surface area (Å²) in [6.07, 6.45) is 0. The number of hydrogen-bond donors (Lipinski definition) is 2. The second-order valence-corrected chi connectivity index (χ2v) is 9.87. The number of aliphatic hydroxyl groups is 1. The summed E-state index contributed by atoms with van der Waals surface area (Å²) < 4.78 is 11.2. The van der Waals surface area contributed by atoms with Gasteiger partial charge in [0.25, 0.3) is 5.91 Å². The molecule has 0 saturated carbocycles. The van der Waals surface area contributed by atoms with Gasteiger partial charge in [-0.05, 0) is 24.3 Å². The number of methoxy groups -OCH3 is 2. The summed E-state index contributed by atoms with van der Waals surface area (Å²) in [7, 11) is 3.25. The summed E-state index contributed by atoms with van der Waals surface area (Å²) in [6, 6.07) is 17.6. The highest BCUT2D eigenvalue weighted by Crippen LogP contribution is 2.45. The molecule has 3 N–H and O–H groups in total. The number of nitrogens with zero attached hydrogens (tertiary/aromatic N) is 3. The molecule has 37 heavy (non-hydrogen) atoms. The van der Waals surface area contributed by atoms with Crippen LogP contribution in [0.5, 0.6) is 11.5 Å². The minimum Gasteiger partial charge on any atom is -0.497 e. The van der Waals surface area contributed by atoms with Crippen molar-refractivity contribution in [1.82, 2.24) is 14.8 Å². The van der Waals surface area contributed by atoms with Crippen molar-refractivity contribution in [2.75, 3.05) is 59.3 Å². The Labute approximate surface area is 219 Å². The van der Waals surface area contributed by atoms with Crippen molar-refractivity contribution in [1.29, 1.82) is 0 Å². The van der Waals surface area contributed by atoms with Crippen molar-refractivity contribution in [2.24, 2.45) is 0 Å². The van der Waals surface area contributed by atoms with Crippen LogP contribution in [0.15, 0.2) is 54.6 Å². The Hall–Kier alpha value is -3.66. The fraction of sp³-hybridized carbons (Fsp3) is 0.286. The SMILES string of the molecule is COc1ccc(OC)c(-c2cc(-c3ccccc3)nc3sc(C(=O)N4CCN(CCO)CC4)c(N)c23)c1. The van der Waals surface area contributed by atoms with E-state index in [9.17, 15) is 9.90 Å². The molecule has 0 atom stereocenters. The summed E-state index contributed by atoms with van der Waals surface area (Å²) >= 11 is 1.32. The van der Waals surface area contributed by atoms with Crippen molar-refractivity contribution in [3.8, 4) is 33.9 Å². The highest BCUT2D eigenvalue weighted by molar-refractivity contribution is 7.21. The monoisotopic (exact) mass is 518 g/mol. The first-order valence-electron chi connectivity index (χ1n) is 12.2. The molecule has 192 valence electrons. The number of β-amino-alcohol motifs (C(OH)–C–C–N with tert-alkyl or cyclic N) is 1. The number of thiophene rings is 1. The Bertz CT molecular complexity index is 1410. The van der Waals surface area contributed by atoms with Gasteiger partial charge in [-0.2, -0.15) is 0 Å². The van der Waals surface area contributed by atoms with Gasteiger partial charge < -0.3 is 25.2 Å². The van der Waals surface area contributed by atoms with Crippen molar-refractivity contribution in [3.05, 3.63) is 59.5 Å². The third kappa shape index (κ3) is 4.85. The molecule has 1 amide bonds. The van der Waals surface area contributed by atoms with Crippen molar-refractivity contribution >= 4 is 33.1 Å². The number of fused-ring (bicyclic) bond motifs is 1.